The van der Waals surface area contributed by atoms with Gasteiger partial charge in [-0.1, -0.05) is 41.6 Å². The van der Waals surface area contributed by atoms with Gasteiger partial charge in [0.05, 0.1) is 17.8 Å². The first-order valence-electron chi connectivity index (χ1n) is 12.6. The van der Waals surface area contributed by atoms with Crippen LogP contribution in [0.1, 0.15) is 41.6 Å². The quantitative estimate of drug-likeness (QED) is 0.288. The first-order chi connectivity index (χ1) is 17.7. The largest absolute Gasteiger partial charge is 0.303 e. The standard InChI is InChI=1S/C29H28N6O/c36-28(6-4-18-34-16-1-2-17-34)23-10-8-22(9-11-23)26-13-14-27-29(31-26)35(33-32-27)20-21-7-12-25-24(19-21)5-3-15-30-25/h3,5,7-15,19H,1-2,4,6,16-18,20H2. The molecule has 0 bridgehead atoms. The lowest BCUT2D eigenvalue weighted by Crippen LogP contribution is -2.21. The number of carbonyl (C=O) groups is 1. The highest BCUT2D eigenvalue weighted by molar-refractivity contribution is 5.96. The lowest BCUT2D eigenvalue weighted by molar-refractivity contribution is 0.0976. The molecule has 0 radical (unpaired) electrons. The Hall–Kier alpha value is -3.97. The molecule has 3 aromatic heterocycles. The minimum atomic E-state index is 0.206. The summed E-state index contributed by atoms with van der Waals surface area (Å²) in [6.07, 6.45) is 5.89. The Balaban J connectivity index is 1.17. The van der Waals surface area contributed by atoms with Crippen LogP contribution in [-0.2, 0) is 6.54 Å². The molecule has 6 rings (SSSR count). The molecule has 7 nitrogen and oxygen atoms in total. The van der Waals surface area contributed by atoms with Gasteiger partial charge in [0.25, 0.3) is 0 Å². The van der Waals surface area contributed by atoms with E-state index < -0.39 is 0 Å². The molecule has 4 heterocycles. The highest BCUT2D eigenvalue weighted by Crippen LogP contribution is 2.22. The summed E-state index contributed by atoms with van der Waals surface area (Å²) < 4.78 is 1.83. The molecule has 180 valence electrons. The van der Waals surface area contributed by atoms with Gasteiger partial charge in [0, 0.05) is 29.1 Å². The van der Waals surface area contributed by atoms with Crippen molar-refractivity contribution >= 4 is 27.9 Å². The van der Waals surface area contributed by atoms with Crippen molar-refractivity contribution in [2.45, 2.75) is 32.2 Å². The van der Waals surface area contributed by atoms with Crippen molar-refractivity contribution in [3.63, 3.8) is 0 Å². The van der Waals surface area contributed by atoms with Crippen LogP contribution >= 0.6 is 0 Å². The molecular formula is C29H28N6O. The fourth-order valence-electron chi connectivity index (χ4n) is 4.96. The molecule has 7 heteroatoms. The van der Waals surface area contributed by atoms with Crippen molar-refractivity contribution in [2.24, 2.45) is 0 Å². The van der Waals surface area contributed by atoms with Crippen LogP contribution in [0.15, 0.2) is 72.9 Å². The highest BCUT2D eigenvalue weighted by atomic mass is 16.1. The number of likely N-dealkylation sites (tertiary alicyclic amines) is 1. The Labute approximate surface area is 209 Å². The van der Waals surface area contributed by atoms with E-state index in [4.69, 9.17) is 4.98 Å². The number of Topliss-reactive ketones (excluding diaryl/α,β-unsaturated/α-hetero) is 1. The molecule has 0 N–H and O–H groups in total. The van der Waals surface area contributed by atoms with E-state index >= 15 is 0 Å². The molecule has 1 fully saturated rings. The first kappa shape index (κ1) is 22.5. The van der Waals surface area contributed by atoms with Crippen LogP contribution in [0.5, 0.6) is 0 Å². The number of carbonyl (C=O) groups excluding carboxylic acids is 1. The SMILES string of the molecule is O=C(CCCN1CCCC1)c1ccc(-c2ccc3nnn(Cc4ccc5ncccc5c4)c3n2)cc1. The Morgan fingerprint density at radius 2 is 1.75 bits per heavy atom. The molecule has 36 heavy (non-hydrogen) atoms. The van der Waals surface area contributed by atoms with E-state index in [2.05, 4.69) is 38.4 Å². The van der Waals surface area contributed by atoms with Gasteiger partial charge >= 0.3 is 0 Å². The van der Waals surface area contributed by atoms with Crippen molar-refractivity contribution in [1.82, 2.24) is 29.9 Å². The predicted octanol–water partition coefficient (Wildman–Crippen LogP) is 5.15. The summed E-state index contributed by atoms with van der Waals surface area (Å²) in [6, 6.07) is 21.9. The number of hydrogen-bond donors (Lipinski definition) is 0. The molecule has 0 saturated carbocycles. The van der Waals surface area contributed by atoms with Gasteiger partial charge in [-0.3, -0.25) is 9.78 Å². The summed E-state index contributed by atoms with van der Waals surface area (Å²) in [6.45, 7) is 3.94. The molecular weight excluding hydrogens is 448 g/mol. The monoisotopic (exact) mass is 476 g/mol. The number of ketones is 1. The van der Waals surface area contributed by atoms with Gasteiger partial charge in [0.2, 0.25) is 0 Å². The molecule has 2 aromatic carbocycles. The number of rotatable bonds is 8. The Morgan fingerprint density at radius 3 is 2.61 bits per heavy atom. The minimum absolute atomic E-state index is 0.206. The average Bonchev–Trinajstić information content (AvgIpc) is 3.59. The van der Waals surface area contributed by atoms with E-state index in [1.54, 1.807) is 6.20 Å². The van der Waals surface area contributed by atoms with Gasteiger partial charge in [-0.25, -0.2) is 9.67 Å². The summed E-state index contributed by atoms with van der Waals surface area (Å²) in [4.78, 5) is 24.4. The average molecular weight is 477 g/mol. The van der Waals surface area contributed by atoms with Gasteiger partial charge in [-0.15, -0.1) is 5.10 Å². The second-order valence-corrected chi connectivity index (χ2v) is 9.47. The molecule has 0 atom stereocenters. The maximum atomic E-state index is 12.6. The number of hydrogen-bond acceptors (Lipinski definition) is 6. The van der Waals surface area contributed by atoms with Gasteiger partial charge in [-0.05, 0) is 74.8 Å². The molecule has 0 spiro atoms. The summed E-state index contributed by atoms with van der Waals surface area (Å²) in [5.41, 5.74) is 6.14. The first-order valence-corrected chi connectivity index (χ1v) is 12.6. The van der Waals surface area contributed by atoms with E-state index in [1.165, 1.54) is 25.9 Å². The third kappa shape index (κ3) is 4.75. The number of nitrogens with zero attached hydrogens (tertiary/aromatic N) is 6. The zero-order chi connectivity index (χ0) is 24.3. The summed E-state index contributed by atoms with van der Waals surface area (Å²) >= 11 is 0. The van der Waals surface area contributed by atoms with E-state index in [-0.39, 0.29) is 5.78 Å². The van der Waals surface area contributed by atoms with Crippen LogP contribution in [0, 0.1) is 0 Å². The topological polar surface area (TPSA) is 76.8 Å². The second kappa shape index (κ2) is 9.95. The summed E-state index contributed by atoms with van der Waals surface area (Å²) in [5.74, 6) is 0.206. The molecule has 1 aliphatic heterocycles. The minimum Gasteiger partial charge on any atom is -0.303 e. The maximum absolute atomic E-state index is 12.6. The number of pyridine rings is 2. The van der Waals surface area contributed by atoms with E-state index in [1.807, 2.05) is 53.2 Å². The second-order valence-electron chi connectivity index (χ2n) is 9.47. The van der Waals surface area contributed by atoms with Crippen LogP contribution in [0.4, 0.5) is 0 Å². The van der Waals surface area contributed by atoms with Crippen molar-refractivity contribution in [2.75, 3.05) is 19.6 Å². The number of benzene rings is 2. The van der Waals surface area contributed by atoms with Crippen LogP contribution in [0.3, 0.4) is 0 Å². The predicted molar refractivity (Wildman–Crippen MR) is 141 cm³/mol. The van der Waals surface area contributed by atoms with Crippen molar-refractivity contribution < 1.29 is 4.79 Å². The van der Waals surface area contributed by atoms with E-state index in [0.717, 1.165) is 57.4 Å². The molecule has 5 aromatic rings. The van der Waals surface area contributed by atoms with Crippen LogP contribution in [0.25, 0.3) is 33.3 Å². The fourth-order valence-corrected chi connectivity index (χ4v) is 4.96. The number of fused-ring (bicyclic) bond motifs is 2. The van der Waals surface area contributed by atoms with Crippen LogP contribution < -0.4 is 0 Å². The zero-order valence-corrected chi connectivity index (χ0v) is 20.2. The zero-order valence-electron chi connectivity index (χ0n) is 20.2. The van der Waals surface area contributed by atoms with Gasteiger partial charge < -0.3 is 4.90 Å². The van der Waals surface area contributed by atoms with E-state index in [9.17, 15) is 4.79 Å². The smallest absolute Gasteiger partial charge is 0.179 e. The molecule has 1 aliphatic rings. The lowest BCUT2D eigenvalue weighted by atomic mass is 10.0. The normalized spacial score (nSPS) is 14.1. The molecule has 1 saturated heterocycles. The fraction of sp³-hybridized carbons (Fsp3) is 0.276. The molecule has 0 unspecified atom stereocenters. The Morgan fingerprint density at radius 1 is 0.917 bits per heavy atom. The summed E-state index contributed by atoms with van der Waals surface area (Å²) in [5, 5.41) is 9.73. The van der Waals surface area contributed by atoms with Crippen LogP contribution in [-0.4, -0.2) is 55.3 Å². The van der Waals surface area contributed by atoms with Gasteiger partial charge in [0.15, 0.2) is 11.4 Å². The van der Waals surface area contributed by atoms with Crippen molar-refractivity contribution in [1.29, 1.82) is 0 Å². The van der Waals surface area contributed by atoms with Crippen LogP contribution in [0.2, 0.25) is 0 Å². The van der Waals surface area contributed by atoms with Gasteiger partial charge in [-0.2, -0.15) is 0 Å². The molecule has 0 aliphatic carbocycles. The maximum Gasteiger partial charge on any atom is 0.179 e. The highest BCUT2D eigenvalue weighted by Gasteiger charge is 2.13. The Kier molecular flexibility index (Phi) is 6.22. The third-order valence-electron chi connectivity index (χ3n) is 6.94. The van der Waals surface area contributed by atoms with Crippen molar-refractivity contribution in [3.8, 4) is 11.3 Å². The lowest BCUT2D eigenvalue weighted by Gasteiger charge is -2.13. The third-order valence-corrected chi connectivity index (χ3v) is 6.94. The molecule has 0 amide bonds. The van der Waals surface area contributed by atoms with Crippen molar-refractivity contribution in [3.05, 3.63) is 84.1 Å². The Bertz CT molecular complexity index is 1520. The summed E-state index contributed by atoms with van der Waals surface area (Å²) in [7, 11) is 0. The van der Waals surface area contributed by atoms with Gasteiger partial charge in [0.1, 0.15) is 5.52 Å². The number of aromatic nitrogens is 5. The van der Waals surface area contributed by atoms with E-state index in [0.29, 0.717) is 13.0 Å².